The van der Waals surface area contributed by atoms with Crippen LogP contribution in [-0.2, 0) is 4.79 Å². The average molecular weight is 237 g/mol. The molecule has 17 heavy (non-hydrogen) atoms. The standard InChI is InChI=1S/C12H15NO4/c1-17-10-4-2-3-8(11(10)14)9-5-7(6-13-9)12(15)16/h2-4,7,9,13-14H,5-6H2,1H3,(H,15,16). The van der Waals surface area contributed by atoms with E-state index in [9.17, 15) is 9.90 Å². The van der Waals surface area contributed by atoms with Crippen LogP contribution in [0.25, 0.3) is 0 Å². The van der Waals surface area contributed by atoms with E-state index in [1.54, 1.807) is 18.2 Å². The summed E-state index contributed by atoms with van der Waals surface area (Å²) in [7, 11) is 1.49. The molecule has 1 aromatic carbocycles. The molecule has 1 aliphatic rings. The van der Waals surface area contributed by atoms with Gasteiger partial charge in [-0.1, -0.05) is 12.1 Å². The van der Waals surface area contributed by atoms with Gasteiger partial charge in [0.15, 0.2) is 11.5 Å². The first kappa shape index (κ1) is 11.7. The number of ether oxygens (including phenoxy) is 1. The number of rotatable bonds is 3. The predicted molar refractivity (Wildman–Crippen MR) is 61.1 cm³/mol. The van der Waals surface area contributed by atoms with Crippen LogP contribution in [0.3, 0.4) is 0 Å². The molecule has 5 nitrogen and oxygen atoms in total. The fraction of sp³-hybridized carbons (Fsp3) is 0.417. The predicted octanol–water partition coefficient (Wildman–Crippen LogP) is 1.14. The maximum Gasteiger partial charge on any atom is 0.307 e. The fourth-order valence-electron chi connectivity index (χ4n) is 2.15. The summed E-state index contributed by atoms with van der Waals surface area (Å²) in [5, 5.41) is 22.0. The molecule has 1 aliphatic heterocycles. The smallest absolute Gasteiger partial charge is 0.307 e. The second-order valence-corrected chi connectivity index (χ2v) is 4.13. The minimum absolute atomic E-state index is 0.0820. The molecule has 0 radical (unpaired) electrons. The van der Waals surface area contributed by atoms with Crippen molar-refractivity contribution in [1.82, 2.24) is 5.32 Å². The van der Waals surface area contributed by atoms with Crippen LogP contribution in [0, 0.1) is 5.92 Å². The van der Waals surface area contributed by atoms with Gasteiger partial charge in [-0.2, -0.15) is 0 Å². The van der Waals surface area contributed by atoms with E-state index in [1.807, 2.05) is 0 Å². The minimum atomic E-state index is -0.803. The number of hydrogen-bond donors (Lipinski definition) is 3. The van der Waals surface area contributed by atoms with Gasteiger partial charge >= 0.3 is 5.97 Å². The summed E-state index contributed by atoms with van der Waals surface area (Å²) in [4.78, 5) is 10.9. The third kappa shape index (κ3) is 2.19. The molecule has 1 heterocycles. The van der Waals surface area contributed by atoms with E-state index in [4.69, 9.17) is 9.84 Å². The van der Waals surface area contributed by atoms with Crippen molar-refractivity contribution in [2.45, 2.75) is 12.5 Å². The lowest BCUT2D eigenvalue weighted by atomic mass is 9.99. The Kier molecular flexibility index (Phi) is 3.19. The Morgan fingerprint density at radius 3 is 2.88 bits per heavy atom. The van der Waals surface area contributed by atoms with E-state index >= 15 is 0 Å². The molecule has 0 amide bonds. The van der Waals surface area contributed by atoms with Crippen LogP contribution in [0.15, 0.2) is 18.2 Å². The lowest BCUT2D eigenvalue weighted by Gasteiger charge is -2.14. The van der Waals surface area contributed by atoms with Gasteiger partial charge in [-0.3, -0.25) is 4.79 Å². The summed E-state index contributed by atoms with van der Waals surface area (Å²) in [5.41, 5.74) is 0.688. The van der Waals surface area contributed by atoms with Gasteiger partial charge in [0.05, 0.1) is 13.0 Å². The normalized spacial score (nSPS) is 23.6. The second kappa shape index (κ2) is 4.63. The lowest BCUT2D eigenvalue weighted by molar-refractivity contribution is -0.141. The van der Waals surface area contributed by atoms with Gasteiger partial charge in [0.25, 0.3) is 0 Å². The van der Waals surface area contributed by atoms with Gasteiger partial charge in [-0.15, -0.1) is 0 Å². The molecule has 1 saturated heterocycles. The van der Waals surface area contributed by atoms with Gasteiger partial charge in [0.2, 0.25) is 0 Å². The first-order chi connectivity index (χ1) is 8.13. The van der Waals surface area contributed by atoms with Gasteiger partial charge in [-0.05, 0) is 12.5 Å². The van der Waals surface area contributed by atoms with Crippen molar-refractivity contribution in [2.24, 2.45) is 5.92 Å². The molecule has 3 N–H and O–H groups in total. The van der Waals surface area contributed by atoms with Crippen molar-refractivity contribution in [1.29, 1.82) is 0 Å². The summed E-state index contributed by atoms with van der Waals surface area (Å²) >= 11 is 0. The van der Waals surface area contributed by atoms with Gasteiger partial charge in [-0.25, -0.2) is 0 Å². The van der Waals surface area contributed by atoms with E-state index in [2.05, 4.69) is 5.32 Å². The van der Waals surface area contributed by atoms with Crippen LogP contribution in [-0.4, -0.2) is 29.8 Å². The Hall–Kier alpha value is -1.75. The Labute approximate surface area is 99.0 Å². The molecular formula is C12H15NO4. The Morgan fingerprint density at radius 1 is 1.53 bits per heavy atom. The Balaban J connectivity index is 2.22. The highest BCUT2D eigenvalue weighted by Crippen LogP contribution is 2.37. The molecule has 92 valence electrons. The zero-order chi connectivity index (χ0) is 12.4. The number of aliphatic carboxylic acids is 1. The number of benzene rings is 1. The number of carbonyl (C=O) groups is 1. The molecule has 2 unspecified atom stereocenters. The number of nitrogens with one attached hydrogen (secondary N) is 1. The molecule has 1 aromatic rings. The van der Waals surface area contributed by atoms with Crippen LogP contribution < -0.4 is 10.1 Å². The summed E-state index contributed by atoms with van der Waals surface area (Å²) in [6.45, 7) is 0.427. The first-order valence-corrected chi connectivity index (χ1v) is 5.45. The van der Waals surface area contributed by atoms with Crippen LogP contribution in [0.5, 0.6) is 11.5 Å². The quantitative estimate of drug-likeness (QED) is 0.734. The molecule has 0 aromatic heterocycles. The fourth-order valence-corrected chi connectivity index (χ4v) is 2.15. The number of para-hydroxylation sites is 1. The molecular weight excluding hydrogens is 222 g/mol. The van der Waals surface area contributed by atoms with Crippen molar-refractivity contribution in [3.8, 4) is 11.5 Å². The summed E-state index contributed by atoms with van der Waals surface area (Å²) in [6, 6.07) is 5.09. The van der Waals surface area contributed by atoms with Crippen LogP contribution in [0.4, 0.5) is 0 Å². The number of carboxylic acid groups (broad SMARTS) is 1. The number of methoxy groups -OCH3 is 1. The molecule has 0 aliphatic carbocycles. The number of phenolic OH excluding ortho intramolecular Hbond substituents is 1. The molecule has 0 bridgehead atoms. The van der Waals surface area contributed by atoms with E-state index in [0.717, 1.165) is 0 Å². The summed E-state index contributed by atoms with van der Waals surface area (Å²) < 4.78 is 5.03. The molecule has 2 rings (SSSR count). The highest BCUT2D eigenvalue weighted by molar-refractivity contribution is 5.71. The van der Waals surface area contributed by atoms with E-state index in [0.29, 0.717) is 24.3 Å². The number of hydrogen-bond acceptors (Lipinski definition) is 4. The summed E-state index contributed by atoms with van der Waals surface area (Å²) in [6.07, 6.45) is 0.482. The number of aromatic hydroxyl groups is 1. The summed E-state index contributed by atoms with van der Waals surface area (Å²) in [5.74, 6) is -0.713. The van der Waals surface area contributed by atoms with E-state index < -0.39 is 11.9 Å². The zero-order valence-electron chi connectivity index (χ0n) is 9.51. The lowest BCUT2D eigenvalue weighted by Crippen LogP contribution is -2.17. The second-order valence-electron chi connectivity index (χ2n) is 4.13. The Bertz CT molecular complexity index is 433. The third-order valence-corrected chi connectivity index (χ3v) is 3.11. The maximum atomic E-state index is 10.9. The minimum Gasteiger partial charge on any atom is -0.504 e. The van der Waals surface area contributed by atoms with Crippen LogP contribution in [0.1, 0.15) is 18.0 Å². The van der Waals surface area contributed by atoms with E-state index in [1.165, 1.54) is 7.11 Å². The molecule has 5 heteroatoms. The first-order valence-electron chi connectivity index (χ1n) is 5.45. The van der Waals surface area contributed by atoms with Gasteiger partial charge in [0, 0.05) is 18.2 Å². The zero-order valence-corrected chi connectivity index (χ0v) is 9.51. The SMILES string of the molecule is COc1cccc(C2CC(C(=O)O)CN2)c1O. The van der Waals surface area contributed by atoms with Crippen molar-refractivity contribution in [3.05, 3.63) is 23.8 Å². The largest absolute Gasteiger partial charge is 0.504 e. The van der Waals surface area contributed by atoms with Gasteiger partial charge < -0.3 is 20.3 Å². The van der Waals surface area contributed by atoms with Crippen molar-refractivity contribution in [3.63, 3.8) is 0 Å². The third-order valence-electron chi connectivity index (χ3n) is 3.11. The molecule has 1 fully saturated rings. The van der Waals surface area contributed by atoms with Crippen LogP contribution >= 0.6 is 0 Å². The van der Waals surface area contributed by atoms with Crippen LogP contribution in [0.2, 0.25) is 0 Å². The molecule has 0 saturated carbocycles. The number of phenols is 1. The Morgan fingerprint density at radius 2 is 2.29 bits per heavy atom. The topological polar surface area (TPSA) is 78.8 Å². The van der Waals surface area contributed by atoms with E-state index in [-0.39, 0.29) is 11.8 Å². The highest BCUT2D eigenvalue weighted by atomic mass is 16.5. The van der Waals surface area contributed by atoms with Crippen molar-refractivity contribution < 1.29 is 19.7 Å². The molecule has 2 atom stereocenters. The average Bonchev–Trinajstić information content (AvgIpc) is 2.78. The van der Waals surface area contributed by atoms with Crippen molar-refractivity contribution in [2.75, 3.05) is 13.7 Å². The molecule has 0 spiro atoms. The van der Waals surface area contributed by atoms with Crippen molar-refractivity contribution >= 4 is 5.97 Å². The monoisotopic (exact) mass is 237 g/mol. The number of carboxylic acids is 1. The highest BCUT2D eigenvalue weighted by Gasteiger charge is 2.31. The maximum absolute atomic E-state index is 10.9. The van der Waals surface area contributed by atoms with Gasteiger partial charge in [0.1, 0.15) is 0 Å².